The van der Waals surface area contributed by atoms with Crippen molar-refractivity contribution in [1.82, 2.24) is 34.8 Å². The minimum Gasteiger partial charge on any atom is -0.489 e. The number of rotatable bonds is 15. The zero-order valence-electron chi connectivity index (χ0n) is 33.4. The van der Waals surface area contributed by atoms with Crippen molar-refractivity contribution < 1.29 is 33.1 Å². The first kappa shape index (κ1) is 42.1. The number of nitrogens with one attached hydrogen (secondary N) is 2. The van der Waals surface area contributed by atoms with E-state index in [4.69, 9.17) is 33.7 Å². The second kappa shape index (κ2) is 18.2. The summed E-state index contributed by atoms with van der Waals surface area (Å²) in [7, 11) is 0. The summed E-state index contributed by atoms with van der Waals surface area (Å²) in [5.74, 6) is -1.98. The van der Waals surface area contributed by atoms with Crippen LogP contribution in [0.25, 0.3) is 11.1 Å². The number of carbonyl (C=O) groups excluding carboxylic acids is 5. The van der Waals surface area contributed by atoms with Crippen LogP contribution in [0.3, 0.4) is 0 Å². The zero-order valence-corrected chi connectivity index (χ0v) is 34.9. The van der Waals surface area contributed by atoms with Crippen LogP contribution in [0.15, 0.2) is 55.0 Å². The molecular formula is C43H46Cl2FN9O6. The molecular weight excluding hydrogens is 828 g/mol. The number of benzene rings is 2. The van der Waals surface area contributed by atoms with Gasteiger partial charge in [-0.15, -0.1) is 0 Å². The SMILES string of the molecule is Nc1ncc(-c2cnn(C3CCN(CCCCCC(=O)N4CC(Nc5cccc6c5C(=O)N([C@H]5CCC(=O)NC5=O)C6=O)C4)CC3)c2)cc1OCCc1c(Cl)ccc(F)c1Cl. The number of likely N-dealkylation sites (tertiary alicyclic amines) is 2. The van der Waals surface area contributed by atoms with Crippen molar-refractivity contribution in [1.29, 1.82) is 0 Å². The molecule has 2 aromatic heterocycles. The molecule has 0 spiro atoms. The van der Waals surface area contributed by atoms with Crippen LogP contribution in [0.1, 0.15) is 83.7 Å². The Kier molecular flexibility index (Phi) is 12.6. The summed E-state index contributed by atoms with van der Waals surface area (Å²) in [4.78, 5) is 73.1. The smallest absolute Gasteiger partial charge is 0.264 e. The van der Waals surface area contributed by atoms with Crippen LogP contribution in [0.2, 0.25) is 10.0 Å². The normalized spacial score (nSPS) is 18.6. The van der Waals surface area contributed by atoms with Crippen LogP contribution in [-0.4, -0.2) is 110 Å². The number of aromatic nitrogens is 3. The fourth-order valence-electron chi connectivity index (χ4n) is 8.46. The highest BCUT2D eigenvalue weighted by Gasteiger charge is 2.46. The standard InChI is InChI=1S/C43H46Cl2FN9O6/c44-31-8-9-32(46)39(45)29(31)14-18-61-35-19-25(20-48-40(35)47)26-21-49-54(22-26)28-12-16-52(17-13-28)15-3-1-2-7-37(57)53-23-27(24-53)50-33-6-4-5-30-38(33)43(60)55(42(30)59)34-10-11-36(56)51-41(34)58/h4-6,8-9,19-22,27-28,34,50H,1-3,7,10-18,23-24H2,(H2,47,48)(H,51,56,58)/t34-/m0/s1. The van der Waals surface area contributed by atoms with Gasteiger partial charge >= 0.3 is 0 Å². The van der Waals surface area contributed by atoms with Gasteiger partial charge in [0.2, 0.25) is 17.7 Å². The van der Waals surface area contributed by atoms with Gasteiger partial charge in [-0.05, 0) is 74.5 Å². The number of hydrogen-bond acceptors (Lipinski definition) is 11. The molecule has 4 aliphatic heterocycles. The topological polar surface area (TPSA) is 185 Å². The average Bonchev–Trinajstić information content (AvgIpc) is 3.82. The summed E-state index contributed by atoms with van der Waals surface area (Å²) in [5, 5.41) is 10.6. The van der Waals surface area contributed by atoms with Crippen molar-refractivity contribution in [3.05, 3.63) is 87.5 Å². The number of halogens is 3. The first-order valence-electron chi connectivity index (χ1n) is 20.6. The second-order valence-electron chi connectivity index (χ2n) is 15.9. The number of imide groups is 2. The molecule has 0 unspecified atom stereocenters. The molecule has 6 heterocycles. The third-order valence-electron chi connectivity index (χ3n) is 11.9. The van der Waals surface area contributed by atoms with E-state index in [9.17, 15) is 28.4 Å². The number of amides is 5. The molecule has 4 aliphatic rings. The molecule has 2 aromatic carbocycles. The van der Waals surface area contributed by atoms with Crippen molar-refractivity contribution in [2.45, 2.75) is 75.9 Å². The fourth-order valence-corrected chi connectivity index (χ4v) is 9.02. The Morgan fingerprint density at radius 2 is 1.79 bits per heavy atom. The molecule has 3 saturated heterocycles. The first-order chi connectivity index (χ1) is 29.4. The lowest BCUT2D eigenvalue weighted by Crippen LogP contribution is -2.57. The summed E-state index contributed by atoms with van der Waals surface area (Å²) in [6.45, 7) is 4.06. The molecule has 5 amide bonds. The van der Waals surface area contributed by atoms with E-state index >= 15 is 0 Å². The van der Waals surface area contributed by atoms with E-state index in [0.717, 1.165) is 67.8 Å². The first-order valence-corrected chi connectivity index (χ1v) is 21.4. The van der Waals surface area contributed by atoms with Crippen molar-refractivity contribution in [3.8, 4) is 16.9 Å². The zero-order chi connectivity index (χ0) is 42.8. The number of fused-ring (bicyclic) bond motifs is 1. The van der Waals surface area contributed by atoms with E-state index in [0.29, 0.717) is 48.0 Å². The number of nitrogens with two attached hydrogens (primary N) is 1. The molecule has 4 aromatic rings. The molecule has 4 N–H and O–H groups in total. The lowest BCUT2D eigenvalue weighted by atomic mass is 10.0. The molecule has 18 heteroatoms. The molecule has 0 aliphatic carbocycles. The van der Waals surface area contributed by atoms with Gasteiger partial charge in [0.15, 0.2) is 11.6 Å². The van der Waals surface area contributed by atoms with Crippen LogP contribution < -0.4 is 21.1 Å². The van der Waals surface area contributed by atoms with Crippen LogP contribution in [0, 0.1) is 5.82 Å². The number of nitrogens with zero attached hydrogens (tertiary/aromatic N) is 6. The Bertz CT molecular complexity index is 2360. The molecule has 8 rings (SSSR count). The Labute approximate surface area is 361 Å². The number of carbonyl (C=O) groups is 5. The second-order valence-corrected chi connectivity index (χ2v) is 16.7. The number of nitrogen functional groups attached to an aromatic ring is 1. The number of anilines is 2. The number of ether oxygens (including phenoxy) is 1. The third kappa shape index (κ3) is 9.07. The fraction of sp³-hybridized carbons (Fsp3) is 0.419. The Morgan fingerprint density at radius 3 is 2.57 bits per heavy atom. The highest BCUT2D eigenvalue weighted by Crippen LogP contribution is 2.34. The Morgan fingerprint density at radius 1 is 0.984 bits per heavy atom. The van der Waals surface area contributed by atoms with Crippen LogP contribution >= 0.6 is 23.2 Å². The van der Waals surface area contributed by atoms with Gasteiger partial charge in [0, 0.05) is 79.7 Å². The van der Waals surface area contributed by atoms with Gasteiger partial charge in [0.05, 0.1) is 41.0 Å². The number of unbranched alkanes of at least 4 members (excludes halogenated alkanes) is 2. The average molecular weight is 875 g/mol. The molecule has 1 atom stereocenters. The van der Waals surface area contributed by atoms with E-state index in [-0.39, 0.29) is 59.4 Å². The van der Waals surface area contributed by atoms with Gasteiger partial charge < -0.3 is 25.6 Å². The Hall–Kier alpha value is -5.58. The summed E-state index contributed by atoms with van der Waals surface area (Å²) in [6.07, 6.45) is 11.1. The van der Waals surface area contributed by atoms with Crippen LogP contribution in [-0.2, 0) is 20.8 Å². The van der Waals surface area contributed by atoms with Gasteiger partial charge in [0.1, 0.15) is 11.9 Å². The maximum Gasteiger partial charge on any atom is 0.264 e. The minimum absolute atomic E-state index is 0.0204. The predicted octanol–water partition coefficient (Wildman–Crippen LogP) is 5.52. The molecule has 3 fully saturated rings. The van der Waals surface area contributed by atoms with E-state index in [1.54, 1.807) is 29.3 Å². The maximum absolute atomic E-state index is 13.9. The van der Waals surface area contributed by atoms with E-state index in [1.165, 1.54) is 12.1 Å². The molecule has 320 valence electrons. The third-order valence-corrected chi connectivity index (χ3v) is 12.7. The molecule has 0 radical (unpaired) electrons. The number of piperidine rings is 2. The molecule has 15 nitrogen and oxygen atoms in total. The highest BCUT2D eigenvalue weighted by atomic mass is 35.5. The van der Waals surface area contributed by atoms with E-state index < -0.39 is 35.5 Å². The predicted molar refractivity (Wildman–Crippen MR) is 226 cm³/mol. The molecule has 0 saturated carbocycles. The van der Waals surface area contributed by atoms with Crippen molar-refractivity contribution in [2.75, 3.05) is 50.4 Å². The van der Waals surface area contributed by atoms with Gasteiger partial charge in [-0.1, -0.05) is 35.7 Å². The summed E-state index contributed by atoms with van der Waals surface area (Å²) >= 11 is 12.3. The largest absolute Gasteiger partial charge is 0.489 e. The van der Waals surface area contributed by atoms with Gasteiger partial charge in [0.25, 0.3) is 11.8 Å². The summed E-state index contributed by atoms with van der Waals surface area (Å²) in [6, 6.07) is 8.65. The van der Waals surface area contributed by atoms with Crippen molar-refractivity contribution in [2.24, 2.45) is 0 Å². The quantitative estimate of drug-likeness (QED) is 0.0777. The highest BCUT2D eigenvalue weighted by molar-refractivity contribution is 6.36. The van der Waals surface area contributed by atoms with E-state index in [1.807, 2.05) is 23.1 Å². The number of pyridine rings is 1. The van der Waals surface area contributed by atoms with Crippen LogP contribution in [0.5, 0.6) is 5.75 Å². The Balaban J connectivity index is 0.725. The van der Waals surface area contributed by atoms with E-state index in [2.05, 4.69) is 25.6 Å². The molecule has 61 heavy (non-hydrogen) atoms. The number of hydrogen-bond donors (Lipinski definition) is 3. The monoisotopic (exact) mass is 873 g/mol. The minimum atomic E-state index is -1.03. The lowest BCUT2D eigenvalue weighted by Gasteiger charge is -2.40. The van der Waals surface area contributed by atoms with Gasteiger partial charge in [-0.2, -0.15) is 5.10 Å². The molecule has 0 bridgehead atoms. The van der Waals surface area contributed by atoms with Crippen molar-refractivity contribution >= 4 is 64.2 Å². The van der Waals surface area contributed by atoms with Crippen LogP contribution in [0.4, 0.5) is 15.9 Å². The van der Waals surface area contributed by atoms with Gasteiger partial charge in [-0.25, -0.2) is 9.37 Å². The lowest BCUT2D eigenvalue weighted by molar-refractivity contribution is -0.136. The van der Waals surface area contributed by atoms with Crippen molar-refractivity contribution in [3.63, 3.8) is 0 Å². The summed E-state index contributed by atoms with van der Waals surface area (Å²) in [5.41, 5.74) is 9.20. The van der Waals surface area contributed by atoms with Gasteiger partial charge in [-0.3, -0.25) is 38.9 Å². The summed E-state index contributed by atoms with van der Waals surface area (Å²) < 4.78 is 21.9. The maximum atomic E-state index is 13.9.